The summed E-state index contributed by atoms with van der Waals surface area (Å²) in [6, 6.07) is 17.2. The van der Waals surface area contributed by atoms with E-state index in [1.54, 1.807) is 37.4 Å². The van der Waals surface area contributed by atoms with E-state index in [4.69, 9.17) is 4.74 Å². The molecule has 0 unspecified atom stereocenters. The Hall–Kier alpha value is -4.14. The van der Waals surface area contributed by atoms with Gasteiger partial charge in [-0.1, -0.05) is 18.2 Å². The lowest BCUT2D eigenvalue weighted by atomic mass is 10.2. The maximum absolute atomic E-state index is 13.0. The molecule has 2 heterocycles. The molecule has 0 radical (unpaired) electrons. The molecule has 1 amide bonds. The van der Waals surface area contributed by atoms with Crippen LogP contribution in [0.5, 0.6) is 5.75 Å². The van der Waals surface area contributed by atoms with Crippen LogP contribution in [0.25, 0.3) is 5.69 Å². The molecule has 0 fully saturated rings. The number of carbonyl (C=O) groups excluding carboxylic acids is 1. The van der Waals surface area contributed by atoms with Crippen LogP contribution in [0.1, 0.15) is 27.3 Å². The van der Waals surface area contributed by atoms with Crippen LogP contribution in [0.15, 0.2) is 79.1 Å². The molecule has 0 atom stereocenters. The van der Waals surface area contributed by atoms with Gasteiger partial charge in [0.05, 0.1) is 34.4 Å². The predicted molar refractivity (Wildman–Crippen MR) is 116 cm³/mol. The zero-order valence-electron chi connectivity index (χ0n) is 17.5. The Morgan fingerprint density at radius 2 is 1.88 bits per heavy atom. The van der Waals surface area contributed by atoms with Crippen molar-refractivity contribution >= 4 is 11.6 Å². The highest BCUT2D eigenvalue weighted by Crippen LogP contribution is 2.30. The van der Waals surface area contributed by atoms with Crippen molar-refractivity contribution in [2.45, 2.75) is 19.7 Å². The van der Waals surface area contributed by atoms with Crippen LogP contribution in [0.2, 0.25) is 0 Å². The summed E-state index contributed by atoms with van der Waals surface area (Å²) < 4.78 is 46.1. The van der Waals surface area contributed by atoms with Crippen LogP contribution in [-0.2, 0) is 12.8 Å². The second-order valence-electron chi connectivity index (χ2n) is 7.20. The number of nitrogens with zero attached hydrogens (tertiary/aromatic N) is 3. The van der Waals surface area contributed by atoms with Crippen molar-refractivity contribution in [3.63, 3.8) is 0 Å². The third-order valence-corrected chi connectivity index (χ3v) is 4.88. The highest BCUT2D eigenvalue weighted by atomic mass is 19.4. The molecule has 33 heavy (non-hydrogen) atoms. The van der Waals surface area contributed by atoms with Crippen LogP contribution >= 0.6 is 0 Å². The number of nitrogens with one attached hydrogen (secondary N) is 1. The summed E-state index contributed by atoms with van der Waals surface area (Å²) >= 11 is 0. The lowest BCUT2D eigenvalue weighted by molar-refractivity contribution is -0.137. The summed E-state index contributed by atoms with van der Waals surface area (Å²) in [6.07, 6.45) is -1.47. The Morgan fingerprint density at radius 3 is 2.64 bits per heavy atom. The fourth-order valence-corrected chi connectivity index (χ4v) is 3.21. The van der Waals surface area contributed by atoms with Crippen molar-refractivity contribution in [1.29, 1.82) is 0 Å². The zero-order chi connectivity index (χ0) is 23.4. The van der Waals surface area contributed by atoms with Gasteiger partial charge in [-0.05, 0) is 49.4 Å². The standard InChI is InChI=1S/C24H19F3N4O2/c1-16-22(14-29-31(16)20-9-4-6-17(12-20)24(25,26)27)23(32)30-18-8-5-10-21(13-18)33-15-19-7-2-3-11-28-19/h2-14H,15H2,1H3,(H,30,32). The van der Waals surface area contributed by atoms with Crippen LogP contribution in [0.3, 0.4) is 0 Å². The maximum atomic E-state index is 13.0. The quantitative estimate of drug-likeness (QED) is 0.424. The van der Waals surface area contributed by atoms with E-state index in [0.29, 0.717) is 17.1 Å². The Morgan fingerprint density at radius 1 is 1.06 bits per heavy atom. The summed E-state index contributed by atoms with van der Waals surface area (Å²) in [5.74, 6) is 0.113. The lowest BCUT2D eigenvalue weighted by Gasteiger charge is -2.11. The van der Waals surface area contributed by atoms with Crippen molar-refractivity contribution in [3.8, 4) is 11.4 Å². The van der Waals surface area contributed by atoms with Gasteiger partial charge in [0.2, 0.25) is 0 Å². The molecule has 0 saturated carbocycles. The highest BCUT2D eigenvalue weighted by molar-refractivity contribution is 6.05. The van der Waals surface area contributed by atoms with E-state index in [1.807, 2.05) is 18.2 Å². The number of halogens is 3. The first-order chi connectivity index (χ1) is 15.8. The van der Waals surface area contributed by atoms with Crippen LogP contribution < -0.4 is 10.1 Å². The van der Waals surface area contributed by atoms with Gasteiger partial charge in [-0.25, -0.2) is 4.68 Å². The molecule has 2 aromatic heterocycles. The molecular weight excluding hydrogens is 433 g/mol. The fourth-order valence-electron chi connectivity index (χ4n) is 3.21. The number of amides is 1. The number of carbonyl (C=O) groups is 1. The van der Waals surface area contributed by atoms with Gasteiger partial charge in [0.1, 0.15) is 12.4 Å². The molecule has 0 aliphatic carbocycles. The van der Waals surface area contributed by atoms with Gasteiger partial charge in [-0.3, -0.25) is 9.78 Å². The number of ether oxygens (including phenoxy) is 1. The number of alkyl halides is 3. The third-order valence-electron chi connectivity index (χ3n) is 4.88. The Bertz CT molecular complexity index is 1270. The number of rotatable bonds is 6. The molecule has 6 nitrogen and oxygen atoms in total. The Balaban J connectivity index is 1.48. The average molecular weight is 452 g/mol. The number of anilines is 1. The minimum atomic E-state index is -4.47. The van der Waals surface area contributed by atoms with E-state index in [0.717, 1.165) is 17.8 Å². The lowest BCUT2D eigenvalue weighted by Crippen LogP contribution is -2.13. The summed E-state index contributed by atoms with van der Waals surface area (Å²) in [5, 5.41) is 6.88. The van der Waals surface area contributed by atoms with E-state index in [2.05, 4.69) is 15.4 Å². The molecule has 9 heteroatoms. The molecule has 4 rings (SSSR count). The minimum Gasteiger partial charge on any atom is -0.487 e. The van der Waals surface area contributed by atoms with Gasteiger partial charge in [-0.15, -0.1) is 0 Å². The minimum absolute atomic E-state index is 0.214. The van der Waals surface area contributed by atoms with Crippen molar-refractivity contribution in [2.24, 2.45) is 0 Å². The Kier molecular flexibility index (Phi) is 6.12. The molecule has 1 N–H and O–H groups in total. The third kappa shape index (κ3) is 5.20. The summed E-state index contributed by atoms with van der Waals surface area (Å²) in [4.78, 5) is 17.0. The van der Waals surface area contributed by atoms with Gasteiger partial charge in [0.25, 0.3) is 5.91 Å². The number of pyridine rings is 1. The first kappa shape index (κ1) is 22.1. The SMILES string of the molecule is Cc1c(C(=O)Nc2cccc(OCc3ccccn3)c2)cnn1-c1cccc(C(F)(F)F)c1. The predicted octanol–water partition coefficient (Wildman–Crippen LogP) is 5.43. The monoisotopic (exact) mass is 452 g/mol. The zero-order valence-corrected chi connectivity index (χ0v) is 17.5. The smallest absolute Gasteiger partial charge is 0.416 e. The van der Waals surface area contributed by atoms with E-state index < -0.39 is 17.6 Å². The second-order valence-corrected chi connectivity index (χ2v) is 7.20. The summed E-state index contributed by atoms with van der Waals surface area (Å²) in [5.41, 5.74) is 1.35. The van der Waals surface area contributed by atoms with Crippen LogP contribution in [0.4, 0.5) is 18.9 Å². The second kappa shape index (κ2) is 9.15. The summed E-state index contributed by atoms with van der Waals surface area (Å²) in [6.45, 7) is 1.90. The van der Waals surface area contributed by atoms with E-state index in [1.165, 1.54) is 23.0 Å². The molecular formula is C24H19F3N4O2. The number of benzene rings is 2. The van der Waals surface area contributed by atoms with Gasteiger partial charge in [0.15, 0.2) is 0 Å². The number of hydrogen-bond donors (Lipinski definition) is 1. The van der Waals surface area contributed by atoms with Gasteiger partial charge >= 0.3 is 6.18 Å². The molecule has 168 valence electrons. The largest absolute Gasteiger partial charge is 0.487 e. The van der Waals surface area contributed by atoms with Gasteiger partial charge in [0, 0.05) is 18.0 Å². The summed E-state index contributed by atoms with van der Waals surface area (Å²) in [7, 11) is 0. The topological polar surface area (TPSA) is 69.0 Å². The Labute approximate surface area is 187 Å². The van der Waals surface area contributed by atoms with Crippen molar-refractivity contribution in [1.82, 2.24) is 14.8 Å². The molecule has 0 saturated heterocycles. The van der Waals surface area contributed by atoms with Gasteiger partial charge in [-0.2, -0.15) is 18.3 Å². The van der Waals surface area contributed by atoms with Crippen molar-refractivity contribution < 1.29 is 22.7 Å². The first-order valence-electron chi connectivity index (χ1n) is 9.97. The van der Waals surface area contributed by atoms with Gasteiger partial charge < -0.3 is 10.1 Å². The molecule has 0 spiro atoms. The van der Waals surface area contributed by atoms with E-state index in [-0.39, 0.29) is 17.9 Å². The van der Waals surface area contributed by atoms with Crippen LogP contribution in [-0.4, -0.2) is 20.7 Å². The number of aromatic nitrogens is 3. The normalized spacial score (nSPS) is 11.3. The molecule has 4 aromatic rings. The average Bonchev–Trinajstić information content (AvgIpc) is 3.19. The van der Waals surface area contributed by atoms with E-state index >= 15 is 0 Å². The molecule has 0 aliphatic heterocycles. The number of hydrogen-bond acceptors (Lipinski definition) is 4. The van der Waals surface area contributed by atoms with Crippen molar-refractivity contribution in [2.75, 3.05) is 5.32 Å². The highest BCUT2D eigenvalue weighted by Gasteiger charge is 2.30. The fraction of sp³-hybridized carbons (Fsp3) is 0.125. The first-order valence-corrected chi connectivity index (χ1v) is 9.97. The van der Waals surface area contributed by atoms with Crippen LogP contribution in [0, 0.1) is 6.92 Å². The maximum Gasteiger partial charge on any atom is 0.416 e. The van der Waals surface area contributed by atoms with E-state index in [9.17, 15) is 18.0 Å². The molecule has 2 aromatic carbocycles. The molecule has 0 bridgehead atoms. The van der Waals surface area contributed by atoms with Crippen molar-refractivity contribution in [3.05, 3.63) is 102 Å². The molecule has 0 aliphatic rings.